The Hall–Kier alpha value is 0.270. The molecule has 3 heteroatoms. The molecule has 1 aliphatic rings. The second kappa shape index (κ2) is 9.22. The molecular weight excluding hydrogens is 240 g/mol. The van der Waals surface area contributed by atoms with Crippen LogP contribution in [-0.4, -0.2) is 48.1 Å². The number of hydrogen-bond donors (Lipinski definition) is 1. The molecule has 1 heterocycles. The van der Waals surface area contributed by atoms with Crippen LogP contribution in [0.3, 0.4) is 0 Å². The molecule has 1 saturated heterocycles. The highest BCUT2D eigenvalue weighted by Gasteiger charge is 2.22. The maximum atomic E-state index is 3.54. The van der Waals surface area contributed by atoms with E-state index in [2.05, 4.69) is 49.7 Å². The van der Waals surface area contributed by atoms with E-state index in [-0.39, 0.29) is 0 Å². The minimum Gasteiger partial charge on any atom is -0.316 e. The molecule has 0 aromatic carbocycles. The fourth-order valence-electron chi connectivity index (χ4n) is 2.49. The van der Waals surface area contributed by atoms with Crippen molar-refractivity contribution >= 4 is 11.8 Å². The fourth-order valence-corrected chi connectivity index (χ4v) is 3.69. The largest absolute Gasteiger partial charge is 0.316 e. The topological polar surface area (TPSA) is 15.3 Å². The van der Waals surface area contributed by atoms with E-state index >= 15 is 0 Å². The lowest BCUT2D eigenvalue weighted by Gasteiger charge is -2.36. The molecule has 2 unspecified atom stereocenters. The Morgan fingerprint density at radius 1 is 1.33 bits per heavy atom. The predicted molar refractivity (Wildman–Crippen MR) is 84.5 cm³/mol. The Balaban J connectivity index is 2.10. The third-order valence-corrected chi connectivity index (χ3v) is 5.15. The van der Waals surface area contributed by atoms with Gasteiger partial charge in [-0.3, -0.25) is 4.90 Å². The Bertz CT molecular complexity index is 209. The Labute approximate surface area is 118 Å². The van der Waals surface area contributed by atoms with Gasteiger partial charge in [-0.05, 0) is 45.2 Å². The van der Waals surface area contributed by atoms with E-state index in [1.807, 2.05) is 0 Å². The minimum absolute atomic E-state index is 0.765. The van der Waals surface area contributed by atoms with Crippen LogP contribution < -0.4 is 5.32 Å². The van der Waals surface area contributed by atoms with E-state index in [9.17, 15) is 0 Å². The van der Waals surface area contributed by atoms with Crippen molar-refractivity contribution in [2.24, 2.45) is 5.92 Å². The summed E-state index contributed by atoms with van der Waals surface area (Å²) in [6.45, 7) is 14.2. The highest BCUT2D eigenvalue weighted by molar-refractivity contribution is 8.00. The quantitative estimate of drug-likeness (QED) is 0.683. The summed E-state index contributed by atoms with van der Waals surface area (Å²) in [6, 6.07) is 0.765. The molecule has 18 heavy (non-hydrogen) atoms. The van der Waals surface area contributed by atoms with Gasteiger partial charge in [0.25, 0.3) is 0 Å². The Morgan fingerprint density at radius 2 is 2.11 bits per heavy atom. The maximum absolute atomic E-state index is 3.54. The van der Waals surface area contributed by atoms with Crippen LogP contribution in [0.4, 0.5) is 0 Å². The molecule has 2 nitrogen and oxygen atoms in total. The molecule has 0 amide bonds. The zero-order chi connectivity index (χ0) is 13.4. The molecular formula is C15H32N2S. The third kappa shape index (κ3) is 6.44. The van der Waals surface area contributed by atoms with E-state index in [0.29, 0.717) is 0 Å². The zero-order valence-corrected chi connectivity index (χ0v) is 13.6. The van der Waals surface area contributed by atoms with Crippen molar-refractivity contribution in [2.45, 2.75) is 58.2 Å². The second-order valence-corrected chi connectivity index (χ2v) is 7.39. The van der Waals surface area contributed by atoms with Gasteiger partial charge in [-0.15, -0.1) is 0 Å². The van der Waals surface area contributed by atoms with E-state index < -0.39 is 0 Å². The summed E-state index contributed by atoms with van der Waals surface area (Å²) in [5.41, 5.74) is 0. The summed E-state index contributed by atoms with van der Waals surface area (Å²) in [7, 11) is 0. The first kappa shape index (κ1) is 16.3. The lowest BCUT2D eigenvalue weighted by Crippen LogP contribution is -2.43. The summed E-state index contributed by atoms with van der Waals surface area (Å²) in [6.07, 6.45) is 3.98. The van der Waals surface area contributed by atoms with Crippen LogP contribution in [0.1, 0.15) is 47.0 Å². The van der Waals surface area contributed by atoms with Crippen molar-refractivity contribution in [3.63, 3.8) is 0 Å². The first-order valence-electron chi connectivity index (χ1n) is 7.69. The molecule has 1 N–H and O–H groups in total. The van der Waals surface area contributed by atoms with Crippen LogP contribution in [0.15, 0.2) is 0 Å². The minimum atomic E-state index is 0.765. The number of hydrogen-bond acceptors (Lipinski definition) is 3. The molecule has 0 aliphatic carbocycles. The van der Waals surface area contributed by atoms with E-state index in [0.717, 1.165) is 23.8 Å². The van der Waals surface area contributed by atoms with Crippen molar-refractivity contribution in [3.05, 3.63) is 0 Å². The number of nitrogens with one attached hydrogen (secondary N) is 1. The van der Waals surface area contributed by atoms with Gasteiger partial charge in [0.2, 0.25) is 0 Å². The van der Waals surface area contributed by atoms with E-state index in [1.54, 1.807) is 0 Å². The van der Waals surface area contributed by atoms with Crippen LogP contribution in [0.2, 0.25) is 0 Å². The van der Waals surface area contributed by atoms with Gasteiger partial charge in [0.15, 0.2) is 0 Å². The Kier molecular flexibility index (Phi) is 8.36. The van der Waals surface area contributed by atoms with Gasteiger partial charge in [-0.25, -0.2) is 0 Å². The monoisotopic (exact) mass is 272 g/mol. The average molecular weight is 273 g/mol. The van der Waals surface area contributed by atoms with Crippen LogP contribution >= 0.6 is 11.8 Å². The first-order valence-corrected chi connectivity index (χ1v) is 8.74. The SMILES string of the molecule is CCC1CN(C(C)CCCNCC(C)C)CCS1. The maximum Gasteiger partial charge on any atom is 0.0172 e. The number of nitrogens with zero attached hydrogens (tertiary/aromatic N) is 1. The van der Waals surface area contributed by atoms with Gasteiger partial charge >= 0.3 is 0 Å². The van der Waals surface area contributed by atoms with Gasteiger partial charge in [-0.2, -0.15) is 11.8 Å². The molecule has 1 aliphatic heterocycles. The molecule has 108 valence electrons. The molecule has 0 aromatic heterocycles. The standard InChI is InChI=1S/C15H32N2S/c1-5-15-12-17(9-10-18-15)14(4)7-6-8-16-11-13(2)3/h13-16H,5-12H2,1-4H3. The van der Waals surface area contributed by atoms with Crippen LogP contribution in [0, 0.1) is 5.92 Å². The van der Waals surface area contributed by atoms with Gasteiger partial charge < -0.3 is 5.32 Å². The highest BCUT2D eigenvalue weighted by Crippen LogP contribution is 2.23. The van der Waals surface area contributed by atoms with Gasteiger partial charge in [0, 0.05) is 30.1 Å². The summed E-state index contributed by atoms with van der Waals surface area (Å²) in [4.78, 5) is 2.70. The third-order valence-electron chi connectivity index (χ3n) is 3.78. The summed E-state index contributed by atoms with van der Waals surface area (Å²) in [5.74, 6) is 2.10. The lowest BCUT2D eigenvalue weighted by atomic mass is 10.1. The smallest absolute Gasteiger partial charge is 0.0172 e. The van der Waals surface area contributed by atoms with Gasteiger partial charge in [0.05, 0.1) is 0 Å². The lowest BCUT2D eigenvalue weighted by molar-refractivity contribution is 0.202. The molecule has 0 aromatic rings. The normalized spacial score (nSPS) is 23.5. The van der Waals surface area contributed by atoms with Crippen LogP contribution in [0.5, 0.6) is 0 Å². The second-order valence-electron chi connectivity index (χ2n) is 5.99. The van der Waals surface area contributed by atoms with Crippen molar-refractivity contribution in [1.82, 2.24) is 10.2 Å². The number of thioether (sulfide) groups is 1. The van der Waals surface area contributed by atoms with E-state index in [4.69, 9.17) is 0 Å². The molecule has 0 spiro atoms. The predicted octanol–water partition coefficient (Wildman–Crippen LogP) is 3.23. The zero-order valence-electron chi connectivity index (χ0n) is 12.7. The molecule has 1 fully saturated rings. The summed E-state index contributed by atoms with van der Waals surface area (Å²) < 4.78 is 0. The van der Waals surface area contributed by atoms with Crippen molar-refractivity contribution in [1.29, 1.82) is 0 Å². The van der Waals surface area contributed by atoms with E-state index in [1.165, 1.54) is 44.6 Å². The van der Waals surface area contributed by atoms with Crippen LogP contribution in [0.25, 0.3) is 0 Å². The first-order chi connectivity index (χ1) is 8.63. The molecule has 0 bridgehead atoms. The summed E-state index contributed by atoms with van der Waals surface area (Å²) >= 11 is 2.17. The summed E-state index contributed by atoms with van der Waals surface area (Å²) in [5, 5.41) is 4.42. The highest BCUT2D eigenvalue weighted by atomic mass is 32.2. The van der Waals surface area contributed by atoms with Gasteiger partial charge in [0.1, 0.15) is 0 Å². The Morgan fingerprint density at radius 3 is 2.78 bits per heavy atom. The molecule has 2 atom stereocenters. The van der Waals surface area contributed by atoms with Gasteiger partial charge in [-0.1, -0.05) is 20.8 Å². The van der Waals surface area contributed by atoms with Crippen molar-refractivity contribution in [3.8, 4) is 0 Å². The molecule has 0 radical (unpaired) electrons. The molecule has 1 rings (SSSR count). The molecule has 0 saturated carbocycles. The van der Waals surface area contributed by atoms with Crippen molar-refractivity contribution < 1.29 is 0 Å². The average Bonchev–Trinajstić information content (AvgIpc) is 2.37. The van der Waals surface area contributed by atoms with Crippen molar-refractivity contribution in [2.75, 3.05) is 31.9 Å². The van der Waals surface area contributed by atoms with Crippen LogP contribution in [-0.2, 0) is 0 Å². The fraction of sp³-hybridized carbons (Fsp3) is 1.00. The number of rotatable bonds is 8.